The number of likely N-dealkylation sites (tertiary alicyclic amines) is 1. The van der Waals surface area contributed by atoms with Crippen molar-refractivity contribution < 1.29 is 33.0 Å². The zero-order valence-corrected chi connectivity index (χ0v) is 24.1. The van der Waals surface area contributed by atoms with Gasteiger partial charge in [-0.25, -0.2) is 19.7 Å². The highest BCUT2D eigenvalue weighted by Crippen LogP contribution is 2.37. The van der Waals surface area contributed by atoms with Crippen molar-refractivity contribution in [2.24, 2.45) is 0 Å². The fraction of sp³-hybridized carbons (Fsp3) is 0.483. The molecule has 0 unspecified atom stereocenters. The highest BCUT2D eigenvalue weighted by atomic mass is 32.1. The Morgan fingerprint density at radius 2 is 1.86 bits per heavy atom. The van der Waals surface area contributed by atoms with Crippen molar-refractivity contribution in [2.45, 2.75) is 70.3 Å². The summed E-state index contributed by atoms with van der Waals surface area (Å²) in [5, 5.41) is 19.9. The zero-order valence-electron chi connectivity index (χ0n) is 23.3. The molecule has 2 saturated heterocycles. The molecule has 0 saturated carbocycles. The summed E-state index contributed by atoms with van der Waals surface area (Å²) in [7, 11) is 0. The number of aliphatic carboxylic acids is 1. The average Bonchev–Trinajstić information content (AvgIpc) is 3.53. The van der Waals surface area contributed by atoms with Gasteiger partial charge in [-0.05, 0) is 57.0 Å². The summed E-state index contributed by atoms with van der Waals surface area (Å²) in [5.74, 6) is -1.10. The minimum atomic E-state index is -4.49. The first kappa shape index (κ1) is 30.1. The van der Waals surface area contributed by atoms with Crippen LogP contribution in [0, 0.1) is 6.92 Å². The smallest absolute Gasteiger partial charge is 0.416 e. The normalized spacial score (nSPS) is 19.3. The third-order valence-electron chi connectivity index (χ3n) is 8.01. The lowest BCUT2D eigenvalue weighted by Gasteiger charge is -2.35. The van der Waals surface area contributed by atoms with E-state index < -0.39 is 23.3 Å². The maximum atomic E-state index is 13.6. The van der Waals surface area contributed by atoms with Crippen LogP contribution in [0.25, 0.3) is 11.3 Å². The fourth-order valence-corrected chi connectivity index (χ4v) is 6.60. The molecule has 13 heteroatoms. The first-order chi connectivity index (χ1) is 19.8. The molecule has 5 rings (SSSR count). The second kappa shape index (κ2) is 11.7. The molecule has 1 aromatic carbocycles. The minimum Gasteiger partial charge on any atom is -0.479 e. The number of benzene rings is 1. The van der Waals surface area contributed by atoms with Crippen LogP contribution in [-0.4, -0.2) is 73.1 Å². The van der Waals surface area contributed by atoms with Gasteiger partial charge in [-0.1, -0.05) is 0 Å². The van der Waals surface area contributed by atoms with E-state index in [0.717, 1.165) is 36.4 Å². The number of Topliss-reactive ketones (excluding diaryl/α,β-unsaturated/α-hetero) is 1. The number of aryl methyl sites for hydroxylation is 1. The van der Waals surface area contributed by atoms with Crippen LogP contribution >= 0.6 is 11.3 Å². The van der Waals surface area contributed by atoms with Crippen molar-refractivity contribution in [1.82, 2.24) is 19.9 Å². The van der Waals surface area contributed by atoms with E-state index in [2.05, 4.69) is 26.8 Å². The number of rotatable bonds is 8. The number of nitrogens with zero attached hydrogens (tertiary/aromatic N) is 5. The molecular weight excluding hydrogens is 571 g/mol. The van der Waals surface area contributed by atoms with Crippen molar-refractivity contribution in [3.05, 3.63) is 57.3 Å². The second-order valence-electron chi connectivity index (χ2n) is 11.1. The molecule has 2 aliphatic heterocycles. The molecule has 2 aliphatic rings. The average molecular weight is 604 g/mol. The van der Waals surface area contributed by atoms with Gasteiger partial charge in [0.2, 0.25) is 0 Å². The lowest BCUT2D eigenvalue weighted by Crippen LogP contribution is -2.49. The third kappa shape index (κ3) is 6.47. The van der Waals surface area contributed by atoms with Gasteiger partial charge in [-0.3, -0.25) is 9.69 Å². The van der Waals surface area contributed by atoms with Crippen molar-refractivity contribution in [2.75, 3.05) is 24.5 Å². The number of piperidine rings is 1. The first-order valence-corrected chi connectivity index (χ1v) is 14.6. The number of aliphatic hydroxyl groups is 1. The van der Waals surface area contributed by atoms with Crippen LogP contribution in [0.1, 0.15) is 64.1 Å². The molecular formula is C29H32F3N5O4S. The molecule has 0 aliphatic carbocycles. The van der Waals surface area contributed by atoms with Crippen LogP contribution in [0.4, 0.5) is 19.0 Å². The van der Waals surface area contributed by atoms with E-state index in [9.17, 15) is 33.0 Å². The predicted molar refractivity (Wildman–Crippen MR) is 150 cm³/mol. The fourth-order valence-electron chi connectivity index (χ4n) is 5.48. The summed E-state index contributed by atoms with van der Waals surface area (Å²) >= 11 is 1.33. The van der Waals surface area contributed by atoms with Crippen LogP contribution < -0.4 is 4.90 Å². The Hall–Kier alpha value is -3.42. The van der Waals surface area contributed by atoms with Crippen LogP contribution in [0.15, 0.2) is 30.6 Å². The van der Waals surface area contributed by atoms with E-state index >= 15 is 0 Å². The maximum absolute atomic E-state index is 13.6. The molecule has 1 atom stereocenters. The van der Waals surface area contributed by atoms with Gasteiger partial charge in [-0.15, -0.1) is 11.3 Å². The zero-order chi connectivity index (χ0) is 30.2. The van der Waals surface area contributed by atoms with Crippen molar-refractivity contribution in [3.8, 4) is 11.3 Å². The van der Waals surface area contributed by atoms with Gasteiger partial charge < -0.3 is 15.1 Å². The largest absolute Gasteiger partial charge is 0.479 e. The van der Waals surface area contributed by atoms with E-state index in [1.54, 1.807) is 17.9 Å². The van der Waals surface area contributed by atoms with Gasteiger partial charge >= 0.3 is 12.1 Å². The van der Waals surface area contributed by atoms with Crippen LogP contribution in [0.3, 0.4) is 0 Å². The first-order valence-electron chi connectivity index (χ1n) is 13.8. The quantitative estimate of drug-likeness (QED) is 0.352. The Morgan fingerprint density at radius 3 is 2.45 bits per heavy atom. The number of thiazole rings is 1. The number of ketones is 1. The number of carbonyl (C=O) groups excluding carboxylic acids is 1. The summed E-state index contributed by atoms with van der Waals surface area (Å²) < 4.78 is 40.8. The van der Waals surface area contributed by atoms with E-state index in [0.29, 0.717) is 40.2 Å². The summed E-state index contributed by atoms with van der Waals surface area (Å²) in [6.45, 7) is 5.74. The standard InChI is InChI=1S/C29H32F3N5O4S/c1-17-10-19(12-20(11-17)29(30,31)32)26-23(16-37-7-3-4-18(37)2)42-25(35-26)13-22(38)21-14-34-24(15-33-21)36-8-5-28(41,6-9-36)27(39)40/h10-12,14-15,18,41H,3-9,13,16H2,1-2H3,(H,39,40)/t18-/m1/s1. The van der Waals surface area contributed by atoms with Gasteiger partial charge in [0.15, 0.2) is 11.4 Å². The van der Waals surface area contributed by atoms with Gasteiger partial charge in [0.1, 0.15) is 16.5 Å². The Balaban J connectivity index is 1.36. The van der Waals surface area contributed by atoms with Gasteiger partial charge in [0.25, 0.3) is 0 Å². The molecule has 2 aromatic heterocycles. The van der Waals surface area contributed by atoms with Crippen LogP contribution in [0.2, 0.25) is 0 Å². The van der Waals surface area contributed by atoms with Gasteiger partial charge in [-0.2, -0.15) is 13.2 Å². The predicted octanol–water partition coefficient (Wildman–Crippen LogP) is 4.75. The van der Waals surface area contributed by atoms with E-state index in [4.69, 9.17) is 0 Å². The molecule has 2 fully saturated rings. The second-order valence-corrected chi connectivity index (χ2v) is 12.3. The number of alkyl halides is 3. The summed E-state index contributed by atoms with van der Waals surface area (Å²) in [4.78, 5) is 42.6. The maximum Gasteiger partial charge on any atom is 0.416 e. The van der Waals surface area contributed by atoms with Crippen molar-refractivity contribution in [3.63, 3.8) is 0 Å². The Kier molecular flexibility index (Phi) is 8.37. The number of carboxylic acids is 1. The van der Waals surface area contributed by atoms with Crippen molar-refractivity contribution in [1.29, 1.82) is 0 Å². The molecule has 9 nitrogen and oxygen atoms in total. The number of carboxylic acid groups (broad SMARTS) is 1. The van der Waals surface area contributed by atoms with Crippen molar-refractivity contribution >= 4 is 28.9 Å². The number of halogens is 3. The lowest BCUT2D eigenvalue weighted by atomic mass is 9.92. The highest BCUT2D eigenvalue weighted by Gasteiger charge is 2.39. The SMILES string of the molecule is Cc1cc(-c2nc(CC(=O)c3cnc(N4CCC(O)(C(=O)O)CC4)cn3)sc2CN2CCC[C@H]2C)cc(C(F)(F)F)c1. The van der Waals surface area contributed by atoms with Gasteiger partial charge in [0.05, 0.1) is 30.1 Å². The highest BCUT2D eigenvalue weighted by molar-refractivity contribution is 7.12. The number of hydrogen-bond acceptors (Lipinski definition) is 9. The monoisotopic (exact) mass is 603 g/mol. The molecule has 0 spiro atoms. The van der Waals surface area contributed by atoms with Crippen LogP contribution in [-0.2, 0) is 23.9 Å². The van der Waals surface area contributed by atoms with E-state index in [1.807, 2.05) is 0 Å². The minimum absolute atomic E-state index is 0.0427. The topological polar surface area (TPSA) is 120 Å². The number of carbonyl (C=O) groups is 2. The molecule has 42 heavy (non-hydrogen) atoms. The summed E-state index contributed by atoms with van der Waals surface area (Å²) in [5.41, 5.74) is -1.06. The Bertz CT molecular complexity index is 1470. The summed E-state index contributed by atoms with van der Waals surface area (Å²) in [6, 6.07) is 4.27. The molecule has 0 radical (unpaired) electrons. The van der Waals surface area contributed by atoms with E-state index in [-0.39, 0.29) is 43.8 Å². The van der Waals surface area contributed by atoms with E-state index in [1.165, 1.54) is 23.7 Å². The molecule has 0 amide bonds. The molecule has 0 bridgehead atoms. The van der Waals surface area contributed by atoms with Gasteiger partial charge in [0, 0.05) is 49.0 Å². The summed E-state index contributed by atoms with van der Waals surface area (Å²) in [6.07, 6.45) is 0.418. The molecule has 2 N–H and O–H groups in total. The molecule has 224 valence electrons. The van der Waals surface area contributed by atoms with Crippen LogP contribution in [0.5, 0.6) is 0 Å². The number of anilines is 1. The Morgan fingerprint density at radius 1 is 1.12 bits per heavy atom. The third-order valence-corrected chi connectivity index (χ3v) is 9.05. The number of hydrogen-bond donors (Lipinski definition) is 2. The Labute approximate surface area is 245 Å². The molecule has 4 heterocycles. The lowest BCUT2D eigenvalue weighted by molar-refractivity contribution is -0.160. The molecule has 3 aromatic rings. The number of aromatic nitrogens is 3.